The zero-order chi connectivity index (χ0) is 35.8. The van der Waals surface area contributed by atoms with Crippen LogP contribution in [-0.2, 0) is 0 Å². The van der Waals surface area contributed by atoms with Crippen molar-refractivity contribution in [2.45, 2.75) is 187 Å². The van der Waals surface area contributed by atoms with Gasteiger partial charge in [0.2, 0.25) is 10.6 Å². The van der Waals surface area contributed by atoms with E-state index in [1.54, 1.807) is 0 Å². The number of hydrogen-bond donors (Lipinski definition) is 0. The van der Waals surface area contributed by atoms with E-state index in [1.807, 2.05) is 0 Å². The molecule has 0 unspecified atom stereocenters. The van der Waals surface area contributed by atoms with Crippen LogP contribution < -0.4 is 0 Å². The van der Waals surface area contributed by atoms with Crippen molar-refractivity contribution in [1.29, 1.82) is 0 Å². The van der Waals surface area contributed by atoms with E-state index in [1.165, 1.54) is 25.7 Å². The van der Waals surface area contributed by atoms with Crippen LogP contribution in [0, 0.1) is 0 Å². The van der Waals surface area contributed by atoms with Gasteiger partial charge in [-0.05, 0) is 17.1 Å². The Kier molecular flexibility index (Phi) is 11.9. The van der Waals surface area contributed by atoms with Gasteiger partial charge in [0, 0.05) is 63.6 Å². The van der Waals surface area contributed by atoms with E-state index in [-0.39, 0.29) is 0 Å². The topological polar surface area (TPSA) is 0 Å². The summed E-state index contributed by atoms with van der Waals surface area (Å²) in [5, 5.41) is -4.25. The van der Waals surface area contributed by atoms with Gasteiger partial charge in [0.15, 0.2) is 0 Å². The van der Waals surface area contributed by atoms with E-state index in [9.17, 15) is 0 Å². The fourth-order valence-corrected chi connectivity index (χ4v) is 218. The molecule has 2 rings (SSSR count). The van der Waals surface area contributed by atoms with E-state index in [0.717, 1.165) is 0 Å². The molecule has 0 N–H and O–H groups in total. The van der Waals surface area contributed by atoms with Crippen molar-refractivity contribution in [2.75, 3.05) is 0 Å². The third kappa shape index (κ3) is 5.13. The fourth-order valence-electron chi connectivity index (χ4n) is 13.8. The summed E-state index contributed by atoms with van der Waals surface area (Å²) >= 11 is 20.2. The Morgan fingerprint density at radius 3 is 0.545 bits per heavy atom. The quantitative estimate of drug-likeness (QED) is 0.159. The van der Waals surface area contributed by atoms with Crippen molar-refractivity contribution in [3.05, 3.63) is 0 Å². The minimum absolute atomic E-state index is 0.518. The highest BCUT2D eigenvalue weighted by Crippen LogP contribution is 2.85. The van der Waals surface area contributed by atoms with E-state index in [0.29, 0.717) is 17.1 Å². The van der Waals surface area contributed by atoms with Crippen LogP contribution in [0.2, 0.25) is 161 Å². The number of rotatable bonds is 9. The molecule has 0 aliphatic carbocycles. The van der Waals surface area contributed by atoms with Gasteiger partial charge in [-0.25, -0.2) is 0 Å². The molecular formula is C30H74Br4Si10. The van der Waals surface area contributed by atoms with Gasteiger partial charge in [0.25, 0.3) is 0 Å². The zero-order valence-electron chi connectivity index (χ0n) is 33.3. The Hall–Kier alpha value is 4.09. The first-order valence-corrected chi connectivity index (χ1v) is 58.4. The first-order valence-electron chi connectivity index (χ1n) is 17.4. The van der Waals surface area contributed by atoms with Crippen LogP contribution in [-0.4, -0.2) is 74.3 Å². The Balaban J connectivity index is 3.23. The zero-order valence-corrected chi connectivity index (χ0v) is 49.7. The third-order valence-electron chi connectivity index (χ3n) is 15.3. The van der Waals surface area contributed by atoms with Gasteiger partial charge < -0.3 is 0 Å². The number of halogens is 4. The molecule has 2 saturated heterocycles. The molecule has 2 atom stereocenters. The van der Waals surface area contributed by atoms with Crippen molar-refractivity contribution in [2.24, 2.45) is 0 Å². The van der Waals surface area contributed by atoms with Crippen LogP contribution >= 0.6 is 61.2 Å². The minimum Gasteiger partial charge on any atom is -0.111 e. The van der Waals surface area contributed by atoms with Gasteiger partial charge in [0.1, 0.15) is 0 Å². The van der Waals surface area contributed by atoms with Crippen LogP contribution in [0.25, 0.3) is 0 Å². The molecule has 2 aliphatic rings. The molecule has 0 radical (unpaired) electrons. The van der Waals surface area contributed by atoms with Gasteiger partial charge in [-0.15, -0.1) is 61.2 Å². The van der Waals surface area contributed by atoms with Crippen LogP contribution in [0.5, 0.6) is 0 Å². The normalized spacial score (nSPS) is 30.1. The summed E-state index contributed by atoms with van der Waals surface area (Å²) in [6, 6.07) is 0. The van der Waals surface area contributed by atoms with Gasteiger partial charge in [-0.1, -0.05) is 170 Å². The van der Waals surface area contributed by atoms with Crippen LogP contribution in [0.4, 0.5) is 0 Å². The lowest BCUT2D eigenvalue weighted by Gasteiger charge is -2.71. The molecule has 0 aromatic rings. The minimum atomic E-state index is -2.13. The van der Waals surface area contributed by atoms with Crippen LogP contribution in [0.3, 0.4) is 0 Å². The smallest absolute Gasteiger partial charge is 0.111 e. The van der Waals surface area contributed by atoms with E-state index in [4.69, 9.17) is 61.2 Å². The average Bonchev–Trinajstić information content (AvgIpc) is 3.12. The summed E-state index contributed by atoms with van der Waals surface area (Å²) in [4.78, 5) is 0. The molecule has 262 valence electrons. The Bertz CT molecular complexity index is 996. The first kappa shape index (κ1) is 44.3. The SMILES string of the molecule is C[Si](C)(C)C1([Si](C)(C)C)CC[C@@]([Si](C)(C)C)([Si](C)(C)[Si](C)(C)[C@]2([Si](C)(C)C)CCC([Si](C)(C)C)([Si](C)(C)C)[Si]2(Br)Br)[Si]1(Br)Br. The molecule has 0 nitrogen and oxygen atoms in total. The summed E-state index contributed by atoms with van der Waals surface area (Å²) in [6.45, 7) is 62.3. The van der Waals surface area contributed by atoms with Crippen LogP contribution in [0.15, 0.2) is 0 Å². The molecule has 0 bridgehead atoms. The molecule has 0 amide bonds. The highest BCUT2D eigenvalue weighted by molar-refractivity contribution is 9.52. The van der Waals surface area contributed by atoms with Gasteiger partial charge in [-0.2, -0.15) is 0 Å². The summed E-state index contributed by atoms with van der Waals surface area (Å²) in [5.41, 5.74) is 0. The maximum absolute atomic E-state index is 5.05. The van der Waals surface area contributed by atoms with Crippen molar-refractivity contribution in [1.82, 2.24) is 0 Å². The predicted molar refractivity (Wildman–Crippen MR) is 251 cm³/mol. The van der Waals surface area contributed by atoms with Crippen LogP contribution in [0.1, 0.15) is 25.7 Å². The average molecular weight is 1040 g/mol. The Morgan fingerprint density at radius 2 is 0.432 bits per heavy atom. The third-order valence-corrected chi connectivity index (χ3v) is 138. The van der Waals surface area contributed by atoms with Gasteiger partial charge >= 0.3 is 0 Å². The molecule has 44 heavy (non-hydrogen) atoms. The molecule has 0 saturated carbocycles. The molecular weight excluding hydrogens is 961 g/mol. The monoisotopic (exact) mass is 1030 g/mol. The summed E-state index contributed by atoms with van der Waals surface area (Å²) in [6.07, 6.45) is 5.99. The van der Waals surface area contributed by atoms with Crippen molar-refractivity contribution >= 4 is 135 Å². The highest BCUT2D eigenvalue weighted by atomic mass is 79.9. The Labute approximate surface area is 318 Å². The van der Waals surface area contributed by atoms with Crippen molar-refractivity contribution in [3.63, 3.8) is 0 Å². The molecule has 2 heterocycles. The summed E-state index contributed by atoms with van der Waals surface area (Å²) < 4.78 is 2.12. The van der Waals surface area contributed by atoms with Gasteiger partial charge in [0.05, 0.1) is 0 Å². The van der Waals surface area contributed by atoms with Gasteiger partial charge in [-0.3, -0.25) is 0 Å². The largest absolute Gasteiger partial charge is 0.202 e. The predicted octanol–water partition coefficient (Wildman–Crippen LogP) is 14.8. The summed E-state index contributed by atoms with van der Waals surface area (Å²) in [5.74, 6) is 0. The second-order valence-electron chi connectivity index (χ2n) is 22.5. The Morgan fingerprint density at radius 1 is 0.295 bits per heavy atom. The van der Waals surface area contributed by atoms with E-state index < -0.39 is 74.3 Å². The molecule has 2 fully saturated rings. The fraction of sp³-hybridized carbons (Fsp3) is 1.00. The number of hydrogen-bond acceptors (Lipinski definition) is 0. The van der Waals surface area contributed by atoms with E-state index in [2.05, 4.69) is 144 Å². The van der Waals surface area contributed by atoms with Crippen molar-refractivity contribution < 1.29 is 0 Å². The molecule has 2 aliphatic heterocycles. The lowest BCUT2D eigenvalue weighted by atomic mass is 10.4. The lowest BCUT2D eigenvalue weighted by molar-refractivity contribution is 0.755. The standard InChI is InChI=1S/C30H74Br4Si10/c1-35(2,3)27(36(4,5)6)23-25-29(39(13,14)15,43(27,31)32)41(19,20)42(21,22)30(40(16,17)18)26-24-28(37(7,8)9,38(10,11)12)44(30,33)34/h23-26H2,1-22H3/t29-,30-/m1/s1. The first-order chi connectivity index (χ1) is 18.7. The second-order valence-corrected chi connectivity index (χ2v) is 103. The highest BCUT2D eigenvalue weighted by Gasteiger charge is 2.87. The lowest BCUT2D eigenvalue weighted by Crippen LogP contribution is -2.83. The maximum atomic E-state index is 5.05. The molecule has 14 heteroatoms. The molecule has 0 spiro atoms. The molecule has 0 aromatic heterocycles. The second kappa shape index (κ2) is 11.8. The summed E-state index contributed by atoms with van der Waals surface area (Å²) in [7, 11) is -13.4. The maximum Gasteiger partial charge on any atom is 0.202 e. The van der Waals surface area contributed by atoms with E-state index >= 15 is 0 Å². The molecule has 0 aromatic carbocycles. The van der Waals surface area contributed by atoms with Crippen molar-refractivity contribution in [3.8, 4) is 0 Å².